The van der Waals surface area contributed by atoms with Gasteiger partial charge in [-0.25, -0.2) is 12.8 Å². The van der Waals surface area contributed by atoms with E-state index in [-0.39, 0.29) is 0 Å². The summed E-state index contributed by atoms with van der Waals surface area (Å²) in [5, 5.41) is 0. The van der Waals surface area contributed by atoms with Gasteiger partial charge in [0.15, 0.2) is 0 Å². The van der Waals surface area contributed by atoms with Crippen molar-refractivity contribution >= 4 is 20.4 Å². The molecule has 15 heavy (non-hydrogen) atoms. The first kappa shape index (κ1) is 12.0. The highest BCUT2D eigenvalue weighted by Crippen LogP contribution is 2.13. The minimum Gasteiger partial charge on any atom is -0.206 e. The van der Waals surface area contributed by atoms with Crippen LogP contribution in [0.15, 0.2) is 29.2 Å². The average molecular weight is 257 g/mol. The standard InChI is InChI=1S/C6H5F2NO4S2/c7-5-3-1-2-4-6(5)14(10,11)9-15(8,12)13/h1-4,9H. The number of hydrogen-bond donors (Lipinski definition) is 1. The van der Waals surface area contributed by atoms with E-state index in [1.807, 2.05) is 0 Å². The van der Waals surface area contributed by atoms with Gasteiger partial charge in [-0.2, -0.15) is 8.42 Å². The second-order valence-corrected chi connectivity index (χ2v) is 5.44. The van der Waals surface area contributed by atoms with Crippen LogP contribution in [-0.2, 0) is 20.4 Å². The highest BCUT2D eigenvalue weighted by atomic mass is 32.3. The SMILES string of the molecule is O=S(=O)(F)NS(=O)(=O)c1ccccc1F. The Morgan fingerprint density at radius 2 is 1.60 bits per heavy atom. The fourth-order valence-electron chi connectivity index (χ4n) is 0.839. The van der Waals surface area contributed by atoms with Crippen LogP contribution in [0.3, 0.4) is 0 Å². The Hall–Kier alpha value is -1.06. The van der Waals surface area contributed by atoms with E-state index in [2.05, 4.69) is 0 Å². The summed E-state index contributed by atoms with van der Waals surface area (Å²) in [6, 6.07) is 3.99. The van der Waals surface area contributed by atoms with Gasteiger partial charge in [-0.05, 0) is 12.1 Å². The predicted molar refractivity (Wildman–Crippen MR) is 46.7 cm³/mol. The average Bonchev–Trinajstić information content (AvgIpc) is 1.99. The maximum Gasteiger partial charge on any atom is 0.385 e. The Kier molecular flexibility index (Phi) is 3.07. The van der Waals surface area contributed by atoms with Gasteiger partial charge in [0.05, 0.1) is 0 Å². The van der Waals surface area contributed by atoms with E-state index in [9.17, 15) is 25.1 Å². The molecule has 1 rings (SSSR count). The predicted octanol–water partition coefficient (Wildman–Crippen LogP) is 0.318. The first-order valence-electron chi connectivity index (χ1n) is 3.45. The van der Waals surface area contributed by atoms with Gasteiger partial charge in [0.1, 0.15) is 10.7 Å². The van der Waals surface area contributed by atoms with Gasteiger partial charge in [-0.1, -0.05) is 20.1 Å². The van der Waals surface area contributed by atoms with E-state index in [0.717, 1.165) is 12.1 Å². The van der Waals surface area contributed by atoms with Crippen molar-refractivity contribution < 1.29 is 25.1 Å². The Labute approximate surface area is 85.1 Å². The summed E-state index contributed by atoms with van der Waals surface area (Å²) in [4.78, 5) is -0.939. The van der Waals surface area contributed by atoms with Crippen LogP contribution in [-0.4, -0.2) is 16.8 Å². The third-order valence-corrected chi connectivity index (χ3v) is 3.92. The van der Waals surface area contributed by atoms with E-state index >= 15 is 0 Å². The zero-order valence-corrected chi connectivity index (χ0v) is 8.65. The molecule has 0 radical (unpaired) electrons. The van der Waals surface area contributed by atoms with E-state index in [4.69, 9.17) is 0 Å². The fraction of sp³-hybridized carbons (Fsp3) is 0. The lowest BCUT2D eigenvalue weighted by Crippen LogP contribution is -2.28. The molecule has 1 aromatic carbocycles. The monoisotopic (exact) mass is 257 g/mol. The smallest absolute Gasteiger partial charge is 0.206 e. The molecule has 1 aromatic rings. The number of sulfonamides is 1. The maximum atomic E-state index is 12.9. The van der Waals surface area contributed by atoms with E-state index in [1.54, 1.807) is 0 Å². The molecule has 0 atom stereocenters. The lowest BCUT2D eigenvalue weighted by atomic mass is 10.4. The van der Waals surface area contributed by atoms with Crippen molar-refractivity contribution in [2.24, 2.45) is 0 Å². The molecule has 0 aliphatic rings. The largest absolute Gasteiger partial charge is 0.385 e. The van der Waals surface area contributed by atoms with Crippen LogP contribution < -0.4 is 4.13 Å². The zero-order valence-electron chi connectivity index (χ0n) is 7.01. The van der Waals surface area contributed by atoms with E-state index in [0.29, 0.717) is 4.13 Å². The van der Waals surface area contributed by atoms with Gasteiger partial charge in [0.25, 0.3) is 10.0 Å². The number of hydrogen-bond acceptors (Lipinski definition) is 4. The van der Waals surface area contributed by atoms with Crippen LogP contribution in [0.4, 0.5) is 8.28 Å². The van der Waals surface area contributed by atoms with Gasteiger partial charge in [0, 0.05) is 0 Å². The molecule has 0 amide bonds. The van der Waals surface area contributed by atoms with Crippen LogP contribution in [0.2, 0.25) is 0 Å². The topological polar surface area (TPSA) is 80.3 Å². The van der Waals surface area contributed by atoms with Crippen molar-refractivity contribution in [2.45, 2.75) is 4.90 Å². The first-order chi connectivity index (χ1) is 6.72. The Balaban J connectivity index is 3.25. The number of nitrogens with one attached hydrogen (secondary N) is 1. The number of benzene rings is 1. The summed E-state index contributed by atoms with van der Waals surface area (Å²) in [6.07, 6.45) is 0. The Morgan fingerprint density at radius 3 is 2.07 bits per heavy atom. The van der Waals surface area contributed by atoms with Crippen LogP contribution in [0.25, 0.3) is 0 Å². The van der Waals surface area contributed by atoms with Crippen molar-refractivity contribution in [1.29, 1.82) is 0 Å². The minimum atomic E-state index is -5.45. The molecule has 0 aromatic heterocycles. The molecule has 0 spiro atoms. The molecule has 9 heteroatoms. The lowest BCUT2D eigenvalue weighted by molar-refractivity contribution is 0.539. The molecule has 1 N–H and O–H groups in total. The highest BCUT2D eigenvalue weighted by molar-refractivity contribution is 8.02. The number of rotatable bonds is 3. The summed E-state index contributed by atoms with van der Waals surface area (Å²) in [5.74, 6) is -1.17. The molecule has 0 aliphatic carbocycles. The minimum absolute atomic E-state index is 0.690. The van der Waals surface area contributed by atoms with Crippen LogP contribution in [0.5, 0.6) is 0 Å². The van der Waals surface area contributed by atoms with Crippen LogP contribution in [0.1, 0.15) is 0 Å². The second kappa shape index (κ2) is 3.83. The van der Waals surface area contributed by atoms with Crippen molar-refractivity contribution in [3.63, 3.8) is 0 Å². The number of halogens is 2. The first-order valence-corrected chi connectivity index (χ1v) is 6.32. The van der Waals surface area contributed by atoms with Gasteiger partial charge in [-0.15, -0.1) is 0 Å². The molecule has 0 fully saturated rings. The third kappa shape index (κ3) is 3.22. The molecule has 84 valence electrons. The molecular weight excluding hydrogens is 252 g/mol. The van der Waals surface area contributed by atoms with Crippen molar-refractivity contribution in [1.82, 2.24) is 4.13 Å². The van der Waals surface area contributed by atoms with Gasteiger partial charge < -0.3 is 0 Å². The zero-order chi connectivity index (χ0) is 11.7. The Morgan fingerprint density at radius 1 is 1.07 bits per heavy atom. The van der Waals surface area contributed by atoms with Gasteiger partial charge in [-0.3, -0.25) is 0 Å². The van der Waals surface area contributed by atoms with E-state index in [1.165, 1.54) is 12.1 Å². The van der Waals surface area contributed by atoms with Gasteiger partial charge in [0.2, 0.25) is 0 Å². The maximum absolute atomic E-state index is 12.9. The molecular formula is C6H5F2NO4S2. The summed E-state index contributed by atoms with van der Waals surface area (Å²) >= 11 is 0. The molecule has 0 saturated heterocycles. The lowest BCUT2D eigenvalue weighted by Gasteiger charge is -2.03. The Bertz CT molecular complexity index is 567. The molecule has 5 nitrogen and oxygen atoms in total. The normalized spacial score (nSPS) is 12.7. The molecule has 0 unspecified atom stereocenters. The molecule has 0 aliphatic heterocycles. The molecule has 0 bridgehead atoms. The van der Waals surface area contributed by atoms with Crippen molar-refractivity contribution in [3.8, 4) is 0 Å². The summed E-state index contributed by atoms with van der Waals surface area (Å²) < 4.78 is 68.0. The van der Waals surface area contributed by atoms with Crippen molar-refractivity contribution in [2.75, 3.05) is 0 Å². The third-order valence-electron chi connectivity index (χ3n) is 1.34. The molecule has 0 heterocycles. The summed E-state index contributed by atoms with van der Waals surface area (Å²) in [6.45, 7) is 0. The molecule has 0 saturated carbocycles. The summed E-state index contributed by atoms with van der Waals surface area (Å²) in [7, 11) is -10.2. The van der Waals surface area contributed by atoms with E-state index < -0.39 is 31.1 Å². The summed E-state index contributed by atoms with van der Waals surface area (Å²) in [5.41, 5.74) is 0. The fourth-order valence-corrected chi connectivity index (χ4v) is 2.83. The quantitative estimate of drug-likeness (QED) is 0.791. The highest BCUT2D eigenvalue weighted by Gasteiger charge is 2.24. The van der Waals surface area contributed by atoms with Gasteiger partial charge >= 0.3 is 10.4 Å². The van der Waals surface area contributed by atoms with Crippen LogP contribution >= 0.6 is 0 Å². The second-order valence-electron chi connectivity index (χ2n) is 2.46. The van der Waals surface area contributed by atoms with Crippen LogP contribution in [0, 0.1) is 5.82 Å². The van der Waals surface area contributed by atoms with Crippen molar-refractivity contribution in [3.05, 3.63) is 30.1 Å².